The lowest BCUT2D eigenvalue weighted by Gasteiger charge is -2.23. The van der Waals surface area contributed by atoms with Gasteiger partial charge in [0, 0.05) is 23.6 Å². The highest BCUT2D eigenvalue weighted by atomic mass is 19.1. The van der Waals surface area contributed by atoms with E-state index in [-0.39, 0.29) is 11.2 Å². The molecule has 0 fully saturated rings. The number of aromatic nitrogens is 1. The fourth-order valence-electron chi connectivity index (χ4n) is 2.18. The molecule has 1 N–H and O–H groups in total. The smallest absolute Gasteiger partial charge is 0.130 e. The summed E-state index contributed by atoms with van der Waals surface area (Å²) in [6.07, 6.45) is 0. The molecule has 0 bridgehead atoms. The fourth-order valence-corrected chi connectivity index (χ4v) is 2.18. The molecule has 19 heavy (non-hydrogen) atoms. The Labute approximate surface area is 114 Å². The highest BCUT2D eigenvalue weighted by molar-refractivity contribution is 5.83. The van der Waals surface area contributed by atoms with E-state index in [1.54, 1.807) is 6.92 Å². The molecule has 1 heterocycles. The zero-order chi connectivity index (χ0) is 14.2. The molecule has 0 spiro atoms. The summed E-state index contributed by atoms with van der Waals surface area (Å²) in [4.78, 5) is 4.58. The standard InChI is InChI=1S/C16H21FN2/c1-6-18-15-12(16(3,4)5)8-11-7-10(2)13(17)9-14(11)19-15/h7-9H,6H2,1-5H3,(H,18,19). The summed E-state index contributed by atoms with van der Waals surface area (Å²) >= 11 is 0. The van der Waals surface area contributed by atoms with Crippen LogP contribution >= 0.6 is 0 Å². The lowest BCUT2D eigenvalue weighted by Crippen LogP contribution is -2.16. The first-order chi connectivity index (χ1) is 8.82. The van der Waals surface area contributed by atoms with Crippen LogP contribution < -0.4 is 5.32 Å². The molecule has 1 aromatic heterocycles. The Kier molecular flexibility index (Phi) is 3.48. The second-order valence-corrected chi connectivity index (χ2v) is 5.96. The van der Waals surface area contributed by atoms with Crippen molar-refractivity contribution in [3.05, 3.63) is 35.1 Å². The predicted octanol–water partition coefficient (Wildman–Crippen LogP) is 4.41. The van der Waals surface area contributed by atoms with Gasteiger partial charge in [-0.2, -0.15) is 0 Å². The van der Waals surface area contributed by atoms with Crippen LogP contribution in [0.4, 0.5) is 10.2 Å². The van der Waals surface area contributed by atoms with Gasteiger partial charge in [0.1, 0.15) is 11.6 Å². The lowest BCUT2D eigenvalue weighted by molar-refractivity contribution is 0.590. The molecule has 0 atom stereocenters. The Morgan fingerprint density at radius 3 is 2.47 bits per heavy atom. The van der Waals surface area contributed by atoms with E-state index in [2.05, 4.69) is 37.1 Å². The van der Waals surface area contributed by atoms with Gasteiger partial charge in [0.2, 0.25) is 0 Å². The molecule has 0 unspecified atom stereocenters. The minimum absolute atomic E-state index is 0.000976. The van der Waals surface area contributed by atoms with E-state index in [0.29, 0.717) is 11.1 Å². The van der Waals surface area contributed by atoms with Gasteiger partial charge in [0.15, 0.2) is 0 Å². The summed E-state index contributed by atoms with van der Waals surface area (Å²) < 4.78 is 13.6. The maximum Gasteiger partial charge on any atom is 0.130 e. The van der Waals surface area contributed by atoms with E-state index < -0.39 is 0 Å². The number of halogens is 1. The summed E-state index contributed by atoms with van der Waals surface area (Å²) in [6, 6.07) is 5.49. The molecule has 1 aromatic carbocycles. The maximum atomic E-state index is 13.6. The van der Waals surface area contributed by atoms with Crippen molar-refractivity contribution in [2.75, 3.05) is 11.9 Å². The van der Waals surface area contributed by atoms with Crippen LogP contribution in [0.1, 0.15) is 38.8 Å². The summed E-state index contributed by atoms with van der Waals surface area (Å²) in [7, 11) is 0. The third-order valence-corrected chi connectivity index (χ3v) is 3.25. The first-order valence-electron chi connectivity index (χ1n) is 6.68. The second-order valence-electron chi connectivity index (χ2n) is 5.96. The van der Waals surface area contributed by atoms with E-state index in [0.717, 1.165) is 23.3 Å². The highest BCUT2D eigenvalue weighted by Gasteiger charge is 2.20. The van der Waals surface area contributed by atoms with Gasteiger partial charge in [-0.1, -0.05) is 20.8 Å². The zero-order valence-electron chi connectivity index (χ0n) is 12.3. The van der Waals surface area contributed by atoms with E-state index >= 15 is 0 Å². The largest absolute Gasteiger partial charge is 0.370 e. The summed E-state index contributed by atoms with van der Waals surface area (Å²) in [5.74, 6) is 0.650. The van der Waals surface area contributed by atoms with Crippen LogP contribution in [0.2, 0.25) is 0 Å². The van der Waals surface area contributed by atoms with E-state index in [4.69, 9.17) is 0 Å². The van der Waals surface area contributed by atoms with Crippen molar-refractivity contribution >= 4 is 16.7 Å². The molecule has 0 amide bonds. The molecule has 0 aliphatic heterocycles. The van der Waals surface area contributed by atoms with Gasteiger partial charge in [0.05, 0.1) is 5.52 Å². The summed E-state index contributed by atoms with van der Waals surface area (Å²) in [5.41, 5.74) is 2.52. The average Bonchev–Trinajstić information content (AvgIpc) is 2.29. The lowest BCUT2D eigenvalue weighted by atomic mass is 9.86. The van der Waals surface area contributed by atoms with Gasteiger partial charge in [-0.05, 0) is 37.0 Å². The van der Waals surface area contributed by atoms with E-state index in [1.165, 1.54) is 6.07 Å². The molecule has 102 valence electrons. The van der Waals surface area contributed by atoms with Gasteiger partial charge in [-0.25, -0.2) is 9.37 Å². The van der Waals surface area contributed by atoms with Crippen LogP contribution in [0.5, 0.6) is 0 Å². The minimum atomic E-state index is -0.203. The summed E-state index contributed by atoms with van der Waals surface area (Å²) in [5, 5.41) is 4.27. The number of benzene rings is 1. The average molecular weight is 260 g/mol. The third kappa shape index (κ3) is 2.70. The maximum absolute atomic E-state index is 13.6. The molecule has 0 radical (unpaired) electrons. The number of fused-ring (bicyclic) bond motifs is 1. The monoisotopic (exact) mass is 260 g/mol. The van der Waals surface area contributed by atoms with Crippen molar-refractivity contribution in [1.82, 2.24) is 4.98 Å². The number of hydrogen-bond acceptors (Lipinski definition) is 2. The van der Waals surface area contributed by atoms with Crippen LogP contribution in [0.25, 0.3) is 10.9 Å². The molecular formula is C16H21FN2. The quantitative estimate of drug-likeness (QED) is 0.865. The van der Waals surface area contributed by atoms with Crippen molar-refractivity contribution < 1.29 is 4.39 Å². The first kappa shape index (κ1) is 13.8. The Balaban J connectivity index is 2.73. The molecule has 3 heteroatoms. The van der Waals surface area contributed by atoms with Crippen LogP contribution in [-0.4, -0.2) is 11.5 Å². The van der Waals surface area contributed by atoms with Crippen molar-refractivity contribution in [3.63, 3.8) is 0 Å². The highest BCUT2D eigenvalue weighted by Crippen LogP contribution is 2.31. The van der Waals surface area contributed by atoms with Crippen molar-refractivity contribution in [2.24, 2.45) is 0 Å². The number of anilines is 1. The Hall–Kier alpha value is -1.64. The molecule has 2 rings (SSSR count). The molecular weight excluding hydrogens is 239 g/mol. The van der Waals surface area contributed by atoms with Crippen LogP contribution in [-0.2, 0) is 5.41 Å². The van der Waals surface area contributed by atoms with E-state index in [1.807, 2.05) is 13.0 Å². The van der Waals surface area contributed by atoms with Gasteiger partial charge < -0.3 is 5.32 Å². The van der Waals surface area contributed by atoms with Gasteiger partial charge in [0.25, 0.3) is 0 Å². The zero-order valence-corrected chi connectivity index (χ0v) is 12.3. The van der Waals surface area contributed by atoms with Crippen molar-refractivity contribution in [2.45, 2.75) is 40.0 Å². The topological polar surface area (TPSA) is 24.9 Å². The fraction of sp³-hybridized carbons (Fsp3) is 0.438. The van der Waals surface area contributed by atoms with Gasteiger partial charge >= 0.3 is 0 Å². The number of nitrogens with one attached hydrogen (secondary N) is 1. The molecule has 0 aliphatic carbocycles. The number of aryl methyl sites for hydroxylation is 1. The minimum Gasteiger partial charge on any atom is -0.370 e. The summed E-state index contributed by atoms with van der Waals surface area (Å²) in [6.45, 7) is 11.1. The van der Waals surface area contributed by atoms with Crippen molar-refractivity contribution in [1.29, 1.82) is 0 Å². The number of nitrogens with zero attached hydrogens (tertiary/aromatic N) is 1. The first-order valence-corrected chi connectivity index (χ1v) is 6.68. The van der Waals surface area contributed by atoms with E-state index in [9.17, 15) is 4.39 Å². The molecule has 2 aromatic rings. The van der Waals surface area contributed by atoms with Crippen LogP contribution in [0, 0.1) is 12.7 Å². The second kappa shape index (κ2) is 4.80. The number of hydrogen-bond donors (Lipinski definition) is 1. The van der Waals surface area contributed by atoms with Gasteiger partial charge in [-0.3, -0.25) is 0 Å². The van der Waals surface area contributed by atoms with Crippen LogP contribution in [0.15, 0.2) is 18.2 Å². The number of rotatable bonds is 2. The van der Waals surface area contributed by atoms with Crippen LogP contribution in [0.3, 0.4) is 0 Å². The number of pyridine rings is 1. The Bertz CT molecular complexity index is 612. The van der Waals surface area contributed by atoms with Crippen molar-refractivity contribution in [3.8, 4) is 0 Å². The normalized spacial score (nSPS) is 11.9. The predicted molar refractivity (Wildman–Crippen MR) is 79.3 cm³/mol. The molecule has 0 saturated heterocycles. The Morgan fingerprint density at radius 2 is 1.89 bits per heavy atom. The molecule has 0 aliphatic rings. The van der Waals surface area contributed by atoms with Gasteiger partial charge in [-0.15, -0.1) is 0 Å². The SMILES string of the molecule is CCNc1nc2cc(F)c(C)cc2cc1C(C)(C)C. The third-order valence-electron chi connectivity index (χ3n) is 3.25. The molecule has 2 nitrogen and oxygen atoms in total. The molecule has 0 saturated carbocycles. The Morgan fingerprint density at radius 1 is 1.21 bits per heavy atom.